The fourth-order valence-corrected chi connectivity index (χ4v) is 2.93. The molecule has 3 heteroatoms. The van der Waals surface area contributed by atoms with Crippen LogP contribution in [0.4, 0.5) is 0 Å². The molecule has 1 heterocycles. The van der Waals surface area contributed by atoms with E-state index in [2.05, 4.69) is 41.7 Å². The molecule has 1 fully saturated rings. The van der Waals surface area contributed by atoms with Gasteiger partial charge in [-0.2, -0.15) is 0 Å². The molecule has 1 atom stereocenters. The molecule has 0 saturated carbocycles. The fourth-order valence-electron chi connectivity index (χ4n) is 2.93. The Morgan fingerprint density at radius 1 is 1.19 bits per heavy atom. The van der Waals surface area contributed by atoms with Crippen LogP contribution in [0.3, 0.4) is 0 Å². The summed E-state index contributed by atoms with van der Waals surface area (Å²) in [6, 6.07) is 12.7. The quantitative estimate of drug-likeness (QED) is 0.912. The van der Waals surface area contributed by atoms with E-state index >= 15 is 0 Å². The smallest absolute Gasteiger partial charge is 0.124 e. The van der Waals surface area contributed by atoms with Gasteiger partial charge >= 0.3 is 0 Å². The van der Waals surface area contributed by atoms with Gasteiger partial charge in [0.1, 0.15) is 12.4 Å². The van der Waals surface area contributed by atoms with E-state index in [0.717, 1.165) is 25.3 Å². The van der Waals surface area contributed by atoms with Crippen LogP contribution in [0.15, 0.2) is 36.4 Å². The minimum Gasteiger partial charge on any atom is -0.491 e. The maximum absolute atomic E-state index is 6.07. The summed E-state index contributed by atoms with van der Waals surface area (Å²) in [6.07, 6.45) is 3.77. The van der Waals surface area contributed by atoms with E-state index in [9.17, 15) is 0 Å². The third-order valence-electron chi connectivity index (χ3n) is 4.05. The van der Waals surface area contributed by atoms with Crippen molar-refractivity contribution in [2.75, 3.05) is 20.3 Å². The maximum Gasteiger partial charge on any atom is 0.124 e. The van der Waals surface area contributed by atoms with E-state index < -0.39 is 0 Å². The molecule has 21 heavy (non-hydrogen) atoms. The first-order valence-electron chi connectivity index (χ1n) is 7.78. The third kappa shape index (κ3) is 3.36. The molecular weight excluding hydrogens is 262 g/mol. The molecule has 0 radical (unpaired) electrons. The normalized spacial score (nSPS) is 18.8. The lowest BCUT2D eigenvalue weighted by molar-refractivity contribution is -0.0112. The second-order valence-electron chi connectivity index (χ2n) is 5.59. The van der Waals surface area contributed by atoms with Crippen molar-refractivity contribution in [2.24, 2.45) is 0 Å². The highest BCUT2D eigenvalue weighted by molar-refractivity contribution is 5.87. The number of hydrogen-bond acceptors (Lipinski definition) is 3. The summed E-state index contributed by atoms with van der Waals surface area (Å²) in [5.41, 5.74) is 1.23. The average molecular weight is 285 g/mol. The number of hydrogen-bond donors (Lipinski definition) is 1. The molecule has 1 saturated heterocycles. The second kappa shape index (κ2) is 6.92. The summed E-state index contributed by atoms with van der Waals surface area (Å²) in [5, 5.41) is 5.76. The van der Waals surface area contributed by atoms with E-state index in [-0.39, 0.29) is 6.10 Å². The molecular formula is C18H23NO2. The Balaban J connectivity index is 1.81. The lowest BCUT2D eigenvalue weighted by Crippen LogP contribution is -2.26. The number of nitrogens with one attached hydrogen (secondary N) is 1. The van der Waals surface area contributed by atoms with Gasteiger partial charge < -0.3 is 14.8 Å². The standard InChI is InChI=1S/C18H23NO2/c1-19-12-17-16-8-3-2-6-14(16)9-10-18(17)21-13-15-7-4-5-11-20-15/h2-3,6,8-10,15,19H,4-5,7,11-13H2,1H3. The highest BCUT2D eigenvalue weighted by Gasteiger charge is 2.16. The Morgan fingerprint density at radius 3 is 2.90 bits per heavy atom. The predicted molar refractivity (Wildman–Crippen MR) is 85.8 cm³/mol. The summed E-state index contributed by atoms with van der Waals surface area (Å²) in [4.78, 5) is 0. The Bertz CT molecular complexity index is 591. The van der Waals surface area contributed by atoms with Crippen LogP contribution in [0.1, 0.15) is 24.8 Å². The Morgan fingerprint density at radius 2 is 2.10 bits per heavy atom. The van der Waals surface area contributed by atoms with E-state index in [0.29, 0.717) is 6.61 Å². The number of fused-ring (bicyclic) bond motifs is 1. The number of rotatable bonds is 5. The van der Waals surface area contributed by atoms with Crippen LogP contribution in [0.2, 0.25) is 0 Å². The first-order chi connectivity index (χ1) is 10.4. The van der Waals surface area contributed by atoms with Gasteiger partial charge in [0.15, 0.2) is 0 Å². The van der Waals surface area contributed by atoms with Crippen LogP contribution < -0.4 is 10.1 Å². The number of benzene rings is 2. The van der Waals surface area contributed by atoms with E-state index in [4.69, 9.17) is 9.47 Å². The molecule has 1 aliphatic heterocycles. The molecule has 1 N–H and O–H groups in total. The largest absolute Gasteiger partial charge is 0.491 e. The summed E-state index contributed by atoms with van der Waals surface area (Å²) < 4.78 is 11.8. The molecule has 3 rings (SSSR count). The fraction of sp³-hybridized carbons (Fsp3) is 0.444. The molecule has 0 bridgehead atoms. The zero-order valence-corrected chi connectivity index (χ0v) is 12.6. The van der Waals surface area contributed by atoms with Crippen molar-refractivity contribution in [3.8, 4) is 5.75 Å². The minimum absolute atomic E-state index is 0.243. The van der Waals surface area contributed by atoms with Crippen LogP contribution in [0.25, 0.3) is 10.8 Å². The first kappa shape index (κ1) is 14.4. The molecule has 2 aromatic carbocycles. The Labute approximate surface area is 126 Å². The molecule has 112 valence electrons. The lowest BCUT2D eigenvalue weighted by atomic mass is 10.0. The van der Waals surface area contributed by atoms with Gasteiger partial charge in [0, 0.05) is 18.7 Å². The minimum atomic E-state index is 0.243. The molecule has 1 aliphatic rings. The van der Waals surface area contributed by atoms with Crippen LogP contribution in [0.5, 0.6) is 5.75 Å². The molecule has 0 aromatic heterocycles. The van der Waals surface area contributed by atoms with Crippen molar-refractivity contribution >= 4 is 10.8 Å². The van der Waals surface area contributed by atoms with Gasteiger partial charge in [-0.3, -0.25) is 0 Å². The zero-order valence-electron chi connectivity index (χ0n) is 12.6. The van der Waals surface area contributed by atoms with Gasteiger partial charge in [-0.1, -0.05) is 30.3 Å². The van der Waals surface area contributed by atoms with Gasteiger partial charge in [-0.05, 0) is 43.1 Å². The van der Waals surface area contributed by atoms with Gasteiger partial charge in [-0.25, -0.2) is 0 Å². The second-order valence-corrected chi connectivity index (χ2v) is 5.59. The van der Waals surface area contributed by atoms with Crippen molar-refractivity contribution < 1.29 is 9.47 Å². The van der Waals surface area contributed by atoms with Gasteiger partial charge in [0.25, 0.3) is 0 Å². The molecule has 3 nitrogen and oxygen atoms in total. The molecule has 0 aliphatic carbocycles. The average Bonchev–Trinajstić information content (AvgIpc) is 2.55. The Kier molecular flexibility index (Phi) is 4.73. The van der Waals surface area contributed by atoms with Crippen molar-refractivity contribution in [1.82, 2.24) is 5.32 Å². The van der Waals surface area contributed by atoms with Crippen molar-refractivity contribution in [3.05, 3.63) is 42.0 Å². The zero-order chi connectivity index (χ0) is 14.5. The van der Waals surface area contributed by atoms with Crippen molar-refractivity contribution in [2.45, 2.75) is 31.9 Å². The van der Waals surface area contributed by atoms with E-state index in [1.807, 2.05) is 7.05 Å². The summed E-state index contributed by atoms with van der Waals surface area (Å²) in [7, 11) is 1.97. The maximum atomic E-state index is 6.07. The van der Waals surface area contributed by atoms with Gasteiger partial charge in [-0.15, -0.1) is 0 Å². The highest BCUT2D eigenvalue weighted by atomic mass is 16.5. The molecule has 0 amide bonds. The van der Waals surface area contributed by atoms with Crippen LogP contribution in [0, 0.1) is 0 Å². The first-order valence-corrected chi connectivity index (χ1v) is 7.78. The highest BCUT2D eigenvalue weighted by Crippen LogP contribution is 2.28. The predicted octanol–water partition coefficient (Wildman–Crippen LogP) is 3.51. The SMILES string of the molecule is CNCc1c(OCC2CCCCO2)ccc2ccccc12. The van der Waals surface area contributed by atoms with Gasteiger partial charge in [0.2, 0.25) is 0 Å². The number of ether oxygens (including phenoxy) is 2. The van der Waals surface area contributed by atoms with Crippen LogP contribution in [-0.2, 0) is 11.3 Å². The third-order valence-corrected chi connectivity index (χ3v) is 4.05. The topological polar surface area (TPSA) is 30.5 Å². The lowest BCUT2D eigenvalue weighted by Gasteiger charge is -2.23. The van der Waals surface area contributed by atoms with Crippen molar-refractivity contribution in [1.29, 1.82) is 0 Å². The molecule has 0 spiro atoms. The molecule has 2 aromatic rings. The summed E-state index contributed by atoms with van der Waals surface area (Å²) in [5.74, 6) is 0.970. The van der Waals surface area contributed by atoms with Crippen LogP contribution in [-0.4, -0.2) is 26.4 Å². The van der Waals surface area contributed by atoms with Crippen molar-refractivity contribution in [3.63, 3.8) is 0 Å². The monoisotopic (exact) mass is 285 g/mol. The van der Waals surface area contributed by atoms with Crippen LogP contribution >= 0.6 is 0 Å². The molecule has 1 unspecified atom stereocenters. The van der Waals surface area contributed by atoms with E-state index in [1.54, 1.807) is 0 Å². The van der Waals surface area contributed by atoms with Gasteiger partial charge in [0.05, 0.1) is 6.10 Å². The summed E-state index contributed by atoms with van der Waals surface area (Å²) in [6.45, 7) is 2.33. The van der Waals surface area contributed by atoms with E-state index in [1.165, 1.54) is 29.2 Å². The summed E-state index contributed by atoms with van der Waals surface area (Å²) >= 11 is 0. The Hall–Kier alpha value is -1.58.